The summed E-state index contributed by atoms with van der Waals surface area (Å²) in [5.41, 5.74) is 1.93. The maximum atomic E-state index is 12.7. The Labute approximate surface area is 188 Å². The van der Waals surface area contributed by atoms with E-state index in [1.54, 1.807) is 0 Å². The van der Waals surface area contributed by atoms with Crippen molar-refractivity contribution in [1.82, 2.24) is 10.6 Å². The summed E-state index contributed by atoms with van der Waals surface area (Å²) < 4.78 is 5.27. The predicted molar refractivity (Wildman–Crippen MR) is 120 cm³/mol. The molecule has 7 heteroatoms. The van der Waals surface area contributed by atoms with Crippen molar-refractivity contribution in [3.05, 3.63) is 71.8 Å². The fourth-order valence-electron chi connectivity index (χ4n) is 3.58. The van der Waals surface area contributed by atoms with E-state index in [0.29, 0.717) is 12.8 Å². The van der Waals surface area contributed by atoms with Gasteiger partial charge in [-0.05, 0) is 42.7 Å². The third-order valence-electron chi connectivity index (χ3n) is 5.56. The van der Waals surface area contributed by atoms with Crippen LogP contribution in [0.4, 0.5) is 4.79 Å². The predicted octanol–water partition coefficient (Wildman–Crippen LogP) is 2.76. The number of ketones is 1. The average Bonchev–Trinajstić information content (AvgIpc) is 3.66. The number of alkyl carbamates (subject to hydrolysis) is 1. The van der Waals surface area contributed by atoms with Gasteiger partial charge in [0.1, 0.15) is 13.2 Å². The topological polar surface area (TPSA) is 105 Å². The summed E-state index contributed by atoms with van der Waals surface area (Å²) in [5, 5.41) is 14.8. The zero-order valence-corrected chi connectivity index (χ0v) is 18.0. The fourth-order valence-corrected chi connectivity index (χ4v) is 3.58. The summed E-state index contributed by atoms with van der Waals surface area (Å²) in [4.78, 5) is 37.0. The van der Waals surface area contributed by atoms with Gasteiger partial charge in [-0.2, -0.15) is 0 Å². The first-order valence-corrected chi connectivity index (χ1v) is 11.0. The molecular weight excluding hydrogens is 408 g/mol. The zero-order chi connectivity index (χ0) is 22.8. The van der Waals surface area contributed by atoms with Crippen LogP contribution in [0.5, 0.6) is 0 Å². The lowest BCUT2D eigenvalue weighted by molar-refractivity contribution is -0.129. The molecule has 2 aromatic carbocycles. The van der Waals surface area contributed by atoms with Gasteiger partial charge in [0, 0.05) is 12.5 Å². The number of ether oxygens (including phenoxy) is 1. The number of Topliss-reactive ketones (excluding diaryl/α,β-unsaturated/α-hetero) is 1. The molecule has 1 fully saturated rings. The Bertz CT molecular complexity index is 884. The van der Waals surface area contributed by atoms with Crippen LogP contribution in [0.2, 0.25) is 0 Å². The minimum absolute atomic E-state index is 0.0612. The fraction of sp³-hybridized carbons (Fsp3) is 0.400. The molecule has 2 atom stereocenters. The lowest BCUT2D eigenvalue weighted by Crippen LogP contribution is -2.46. The molecule has 2 amide bonds. The standard InChI is InChI=1S/C25H30N2O5/c28-16-23(29)21(14-11-18-7-3-1-4-8-18)26-24(30)15-22(20-12-13-20)27-25(31)32-17-19-9-5-2-6-10-19/h1-10,20-22,28H,11-17H2,(H,26,30)(H,27,31)/t21-,22?/m0/s1. The molecule has 2 aromatic rings. The number of hydrogen-bond acceptors (Lipinski definition) is 5. The molecule has 0 heterocycles. The molecule has 1 unspecified atom stereocenters. The molecule has 32 heavy (non-hydrogen) atoms. The van der Waals surface area contributed by atoms with Crippen molar-refractivity contribution in [3.63, 3.8) is 0 Å². The second-order valence-corrected chi connectivity index (χ2v) is 8.12. The molecule has 0 aliphatic heterocycles. The minimum Gasteiger partial charge on any atom is -0.445 e. The second-order valence-electron chi connectivity index (χ2n) is 8.12. The number of carbonyl (C=O) groups is 3. The van der Waals surface area contributed by atoms with E-state index < -0.39 is 24.5 Å². The monoisotopic (exact) mass is 438 g/mol. The van der Waals surface area contributed by atoms with Crippen LogP contribution in [-0.4, -0.2) is 41.6 Å². The van der Waals surface area contributed by atoms with E-state index in [1.165, 1.54) is 0 Å². The van der Waals surface area contributed by atoms with Gasteiger partial charge in [-0.25, -0.2) is 4.79 Å². The van der Waals surface area contributed by atoms with E-state index >= 15 is 0 Å². The number of aryl methyl sites for hydroxylation is 1. The van der Waals surface area contributed by atoms with E-state index in [0.717, 1.165) is 24.0 Å². The van der Waals surface area contributed by atoms with Crippen molar-refractivity contribution in [2.24, 2.45) is 5.92 Å². The third kappa shape index (κ3) is 7.81. The highest BCUT2D eigenvalue weighted by atomic mass is 16.5. The lowest BCUT2D eigenvalue weighted by atomic mass is 10.0. The van der Waals surface area contributed by atoms with Crippen molar-refractivity contribution in [2.45, 2.75) is 50.8 Å². The summed E-state index contributed by atoms with van der Waals surface area (Å²) in [6.07, 6.45) is 2.37. The number of rotatable bonds is 12. The molecule has 0 spiro atoms. The van der Waals surface area contributed by atoms with Crippen LogP contribution < -0.4 is 10.6 Å². The Balaban J connectivity index is 1.49. The first-order chi connectivity index (χ1) is 15.5. The number of hydrogen-bond donors (Lipinski definition) is 3. The van der Waals surface area contributed by atoms with Gasteiger partial charge in [-0.15, -0.1) is 0 Å². The van der Waals surface area contributed by atoms with Crippen molar-refractivity contribution >= 4 is 17.8 Å². The molecule has 3 N–H and O–H groups in total. The number of nitrogens with one attached hydrogen (secondary N) is 2. The number of aliphatic hydroxyl groups is 1. The first kappa shape index (κ1) is 23.5. The van der Waals surface area contributed by atoms with Gasteiger partial charge < -0.3 is 20.5 Å². The van der Waals surface area contributed by atoms with Crippen LogP contribution in [0.1, 0.15) is 36.8 Å². The van der Waals surface area contributed by atoms with Crippen LogP contribution >= 0.6 is 0 Å². The molecule has 0 aromatic heterocycles. The Morgan fingerprint density at radius 3 is 2.16 bits per heavy atom. The summed E-state index contributed by atoms with van der Waals surface area (Å²) in [5.74, 6) is -0.529. The highest BCUT2D eigenvalue weighted by molar-refractivity contribution is 5.90. The van der Waals surface area contributed by atoms with Gasteiger partial charge in [-0.1, -0.05) is 60.7 Å². The Kier molecular flexibility index (Phi) is 8.80. The van der Waals surface area contributed by atoms with Crippen LogP contribution in [0.3, 0.4) is 0 Å². The molecule has 170 valence electrons. The van der Waals surface area contributed by atoms with E-state index in [2.05, 4.69) is 10.6 Å². The Hall–Kier alpha value is -3.19. The SMILES string of the molecule is O=C(CC(NC(=O)OCc1ccccc1)C1CC1)N[C@@H](CCc1ccccc1)C(=O)CO. The molecule has 1 aliphatic rings. The van der Waals surface area contributed by atoms with E-state index in [1.807, 2.05) is 60.7 Å². The van der Waals surface area contributed by atoms with Crippen LogP contribution in [0, 0.1) is 5.92 Å². The zero-order valence-electron chi connectivity index (χ0n) is 18.0. The first-order valence-electron chi connectivity index (χ1n) is 11.0. The Morgan fingerprint density at radius 2 is 1.56 bits per heavy atom. The highest BCUT2D eigenvalue weighted by Crippen LogP contribution is 2.34. The van der Waals surface area contributed by atoms with Gasteiger partial charge in [0.2, 0.25) is 5.91 Å². The maximum Gasteiger partial charge on any atom is 0.407 e. The second kappa shape index (κ2) is 12.0. The van der Waals surface area contributed by atoms with Crippen molar-refractivity contribution in [1.29, 1.82) is 0 Å². The molecule has 7 nitrogen and oxygen atoms in total. The average molecular weight is 439 g/mol. The summed E-state index contributed by atoms with van der Waals surface area (Å²) in [6.45, 7) is -0.474. The third-order valence-corrected chi connectivity index (χ3v) is 5.56. The van der Waals surface area contributed by atoms with Crippen LogP contribution in [-0.2, 0) is 27.4 Å². The molecule has 3 rings (SSSR count). The normalized spacial score (nSPS) is 14.8. The highest BCUT2D eigenvalue weighted by Gasteiger charge is 2.34. The molecule has 0 bridgehead atoms. The molecule has 1 aliphatic carbocycles. The van der Waals surface area contributed by atoms with Gasteiger partial charge in [0.05, 0.1) is 6.04 Å². The quantitative estimate of drug-likeness (QED) is 0.473. The Morgan fingerprint density at radius 1 is 0.938 bits per heavy atom. The van der Waals surface area contributed by atoms with E-state index in [-0.39, 0.29) is 30.9 Å². The van der Waals surface area contributed by atoms with Gasteiger partial charge in [-0.3, -0.25) is 9.59 Å². The minimum atomic E-state index is -0.766. The summed E-state index contributed by atoms with van der Waals surface area (Å²) in [7, 11) is 0. The van der Waals surface area contributed by atoms with E-state index in [4.69, 9.17) is 4.74 Å². The van der Waals surface area contributed by atoms with E-state index in [9.17, 15) is 19.5 Å². The smallest absolute Gasteiger partial charge is 0.407 e. The van der Waals surface area contributed by atoms with Crippen molar-refractivity contribution in [2.75, 3.05) is 6.61 Å². The molecule has 1 saturated carbocycles. The number of aliphatic hydroxyl groups excluding tert-OH is 1. The van der Waals surface area contributed by atoms with Gasteiger partial charge in [0.25, 0.3) is 0 Å². The number of carbonyl (C=O) groups excluding carboxylic acids is 3. The van der Waals surface area contributed by atoms with Crippen LogP contribution in [0.25, 0.3) is 0 Å². The summed E-state index contributed by atoms with van der Waals surface area (Å²) >= 11 is 0. The molecule has 0 saturated heterocycles. The molecule has 0 radical (unpaired) electrons. The number of amides is 2. The molecular formula is C25H30N2O5. The van der Waals surface area contributed by atoms with Crippen LogP contribution in [0.15, 0.2) is 60.7 Å². The maximum absolute atomic E-state index is 12.7. The summed E-state index contributed by atoms with van der Waals surface area (Å²) in [6, 6.07) is 17.9. The van der Waals surface area contributed by atoms with Gasteiger partial charge >= 0.3 is 6.09 Å². The van der Waals surface area contributed by atoms with Crippen molar-refractivity contribution < 1.29 is 24.2 Å². The largest absolute Gasteiger partial charge is 0.445 e. The van der Waals surface area contributed by atoms with Gasteiger partial charge in [0.15, 0.2) is 5.78 Å². The lowest BCUT2D eigenvalue weighted by Gasteiger charge is -2.21. The van der Waals surface area contributed by atoms with Crippen molar-refractivity contribution in [3.8, 4) is 0 Å². The number of benzene rings is 2.